The lowest BCUT2D eigenvalue weighted by molar-refractivity contribution is 0.0735. The van der Waals surface area contributed by atoms with Crippen LogP contribution in [0.3, 0.4) is 0 Å². The fourth-order valence-corrected chi connectivity index (χ4v) is 3.73. The molecule has 4 rings (SSSR count). The number of aromatic nitrogens is 3. The fraction of sp³-hybridized carbons (Fsp3) is 0.286. The molecule has 3 heterocycles. The van der Waals surface area contributed by atoms with E-state index in [1.165, 1.54) is 0 Å². The summed E-state index contributed by atoms with van der Waals surface area (Å²) in [5.74, 6) is 0.0799. The Hall–Kier alpha value is -2.95. The van der Waals surface area contributed by atoms with Gasteiger partial charge in [0.25, 0.3) is 5.91 Å². The second-order valence-corrected chi connectivity index (χ2v) is 6.83. The topological polar surface area (TPSA) is 51.0 Å². The summed E-state index contributed by atoms with van der Waals surface area (Å²) in [5, 5.41) is 4.50. The molecule has 1 aliphatic rings. The summed E-state index contributed by atoms with van der Waals surface area (Å²) in [7, 11) is 0. The van der Waals surface area contributed by atoms with Gasteiger partial charge in [0, 0.05) is 30.2 Å². The SMILES string of the molecule is Cc1cc(C)n(-c2ccc(C(=O)N3CCC[C@H]3c3cccnc3)cc2)n1. The predicted molar refractivity (Wildman–Crippen MR) is 100 cm³/mol. The van der Waals surface area contributed by atoms with E-state index in [0.29, 0.717) is 5.56 Å². The molecule has 0 spiro atoms. The van der Waals surface area contributed by atoms with Crippen molar-refractivity contribution in [2.45, 2.75) is 32.7 Å². The maximum absolute atomic E-state index is 13.0. The number of carbonyl (C=O) groups excluding carboxylic acids is 1. The molecule has 5 nitrogen and oxygen atoms in total. The van der Waals surface area contributed by atoms with Crippen molar-refractivity contribution < 1.29 is 4.79 Å². The zero-order valence-corrected chi connectivity index (χ0v) is 15.1. The van der Waals surface area contributed by atoms with Crippen LogP contribution >= 0.6 is 0 Å². The van der Waals surface area contributed by atoms with Crippen LogP contribution in [-0.4, -0.2) is 32.1 Å². The van der Waals surface area contributed by atoms with E-state index in [4.69, 9.17) is 0 Å². The Balaban J connectivity index is 1.57. The van der Waals surface area contributed by atoms with Gasteiger partial charge in [-0.1, -0.05) is 6.07 Å². The number of amides is 1. The van der Waals surface area contributed by atoms with E-state index in [1.807, 2.05) is 66.0 Å². The lowest BCUT2D eigenvalue weighted by atomic mass is 10.1. The number of pyridine rings is 1. The third-order valence-electron chi connectivity index (χ3n) is 4.95. The smallest absolute Gasteiger partial charge is 0.254 e. The van der Waals surface area contributed by atoms with Crippen LogP contribution in [0.2, 0.25) is 0 Å². The number of nitrogens with zero attached hydrogens (tertiary/aromatic N) is 4. The molecule has 2 aromatic heterocycles. The molecular weight excluding hydrogens is 324 g/mol. The Kier molecular flexibility index (Phi) is 4.29. The maximum Gasteiger partial charge on any atom is 0.254 e. The molecule has 3 aromatic rings. The molecule has 0 unspecified atom stereocenters. The average Bonchev–Trinajstić information content (AvgIpc) is 3.28. The molecule has 0 radical (unpaired) electrons. The lowest BCUT2D eigenvalue weighted by Crippen LogP contribution is -2.30. The summed E-state index contributed by atoms with van der Waals surface area (Å²) in [6.45, 7) is 4.80. The van der Waals surface area contributed by atoms with Crippen LogP contribution in [0, 0.1) is 13.8 Å². The molecule has 1 saturated heterocycles. The third kappa shape index (κ3) is 3.01. The van der Waals surface area contributed by atoms with Gasteiger partial charge in [0.1, 0.15) is 0 Å². The van der Waals surface area contributed by atoms with Gasteiger partial charge in [-0.2, -0.15) is 5.10 Å². The Bertz CT molecular complexity index is 915. The highest BCUT2D eigenvalue weighted by molar-refractivity contribution is 5.94. The van der Waals surface area contributed by atoms with Crippen LogP contribution in [-0.2, 0) is 0 Å². The van der Waals surface area contributed by atoms with E-state index in [9.17, 15) is 4.79 Å². The minimum atomic E-state index is 0.0799. The van der Waals surface area contributed by atoms with E-state index in [2.05, 4.69) is 16.1 Å². The van der Waals surface area contributed by atoms with E-state index in [-0.39, 0.29) is 11.9 Å². The Morgan fingerprint density at radius 2 is 1.96 bits per heavy atom. The summed E-state index contributed by atoms with van der Waals surface area (Å²) in [4.78, 5) is 19.2. The van der Waals surface area contributed by atoms with Gasteiger partial charge in [0.2, 0.25) is 0 Å². The minimum Gasteiger partial charge on any atom is -0.332 e. The number of hydrogen-bond acceptors (Lipinski definition) is 3. The minimum absolute atomic E-state index is 0.0799. The highest BCUT2D eigenvalue weighted by Crippen LogP contribution is 2.32. The van der Waals surface area contributed by atoms with Crippen molar-refractivity contribution in [3.63, 3.8) is 0 Å². The van der Waals surface area contributed by atoms with Crippen LogP contribution in [0.1, 0.15) is 46.2 Å². The predicted octanol–water partition coefficient (Wildman–Crippen LogP) is 3.86. The Morgan fingerprint density at radius 1 is 1.15 bits per heavy atom. The van der Waals surface area contributed by atoms with Crippen molar-refractivity contribution in [1.29, 1.82) is 0 Å². The number of benzene rings is 1. The van der Waals surface area contributed by atoms with Gasteiger partial charge in [-0.05, 0) is 68.7 Å². The molecule has 0 N–H and O–H groups in total. The van der Waals surface area contributed by atoms with E-state index in [1.54, 1.807) is 6.20 Å². The second-order valence-electron chi connectivity index (χ2n) is 6.83. The van der Waals surface area contributed by atoms with Gasteiger partial charge in [0.15, 0.2) is 0 Å². The zero-order valence-electron chi connectivity index (χ0n) is 15.1. The molecule has 0 aliphatic carbocycles. The fourth-order valence-electron chi connectivity index (χ4n) is 3.73. The van der Waals surface area contributed by atoms with Gasteiger partial charge >= 0.3 is 0 Å². The molecule has 1 aliphatic heterocycles. The molecule has 1 atom stereocenters. The molecular formula is C21H22N4O. The molecule has 0 bridgehead atoms. The molecule has 5 heteroatoms. The number of rotatable bonds is 3. The summed E-state index contributed by atoms with van der Waals surface area (Å²) in [6.07, 6.45) is 5.64. The monoisotopic (exact) mass is 346 g/mol. The van der Waals surface area contributed by atoms with Gasteiger partial charge in [-0.25, -0.2) is 4.68 Å². The lowest BCUT2D eigenvalue weighted by Gasteiger charge is -2.25. The van der Waals surface area contributed by atoms with Crippen molar-refractivity contribution in [2.75, 3.05) is 6.54 Å². The summed E-state index contributed by atoms with van der Waals surface area (Å²) < 4.78 is 1.90. The molecule has 0 saturated carbocycles. The third-order valence-corrected chi connectivity index (χ3v) is 4.95. The van der Waals surface area contributed by atoms with E-state index >= 15 is 0 Å². The summed E-state index contributed by atoms with van der Waals surface area (Å²) >= 11 is 0. The van der Waals surface area contributed by atoms with E-state index in [0.717, 1.165) is 42.0 Å². The van der Waals surface area contributed by atoms with Crippen LogP contribution in [0.4, 0.5) is 0 Å². The largest absolute Gasteiger partial charge is 0.332 e. The quantitative estimate of drug-likeness (QED) is 0.723. The van der Waals surface area contributed by atoms with Crippen LogP contribution in [0.15, 0.2) is 54.9 Å². The first-order valence-electron chi connectivity index (χ1n) is 8.98. The number of hydrogen-bond donors (Lipinski definition) is 0. The van der Waals surface area contributed by atoms with Crippen molar-refractivity contribution >= 4 is 5.91 Å². The highest BCUT2D eigenvalue weighted by atomic mass is 16.2. The van der Waals surface area contributed by atoms with Crippen LogP contribution < -0.4 is 0 Å². The normalized spacial score (nSPS) is 16.8. The summed E-state index contributed by atoms with van der Waals surface area (Å²) in [6, 6.07) is 13.9. The highest BCUT2D eigenvalue weighted by Gasteiger charge is 2.30. The van der Waals surface area contributed by atoms with Crippen molar-refractivity contribution in [3.8, 4) is 5.69 Å². The zero-order chi connectivity index (χ0) is 18.1. The van der Waals surface area contributed by atoms with Crippen molar-refractivity contribution in [1.82, 2.24) is 19.7 Å². The van der Waals surface area contributed by atoms with Crippen molar-refractivity contribution in [2.24, 2.45) is 0 Å². The van der Waals surface area contributed by atoms with Crippen molar-refractivity contribution in [3.05, 3.63) is 77.4 Å². The maximum atomic E-state index is 13.0. The first-order valence-corrected chi connectivity index (χ1v) is 8.98. The van der Waals surface area contributed by atoms with Gasteiger partial charge < -0.3 is 4.90 Å². The molecule has 1 amide bonds. The Morgan fingerprint density at radius 3 is 2.62 bits per heavy atom. The first-order chi connectivity index (χ1) is 12.6. The average molecular weight is 346 g/mol. The standard InChI is InChI=1S/C21H22N4O/c1-15-13-16(2)25(23-15)19-9-7-17(8-10-19)21(26)24-12-4-6-20(24)18-5-3-11-22-14-18/h3,5,7-11,13-14,20H,4,6,12H2,1-2H3/t20-/m0/s1. The molecule has 26 heavy (non-hydrogen) atoms. The second kappa shape index (κ2) is 6.75. The van der Waals surface area contributed by atoms with Crippen LogP contribution in [0.25, 0.3) is 5.69 Å². The first kappa shape index (κ1) is 16.5. The van der Waals surface area contributed by atoms with Gasteiger partial charge in [-0.15, -0.1) is 0 Å². The number of carbonyl (C=O) groups is 1. The number of likely N-dealkylation sites (tertiary alicyclic amines) is 1. The molecule has 132 valence electrons. The number of aryl methyl sites for hydroxylation is 2. The Labute approximate surface area is 153 Å². The molecule has 1 aromatic carbocycles. The van der Waals surface area contributed by atoms with Crippen LogP contribution in [0.5, 0.6) is 0 Å². The molecule has 1 fully saturated rings. The van der Waals surface area contributed by atoms with E-state index < -0.39 is 0 Å². The van der Waals surface area contributed by atoms with Gasteiger partial charge in [-0.3, -0.25) is 9.78 Å². The van der Waals surface area contributed by atoms with Gasteiger partial charge in [0.05, 0.1) is 17.4 Å². The summed E-state index contributed by atoms with van der Waals surface area (Å²) in [5.41, 5.74) is 4.86.